The van der Waals surface area contributed by atoms with Gasteiger partial charge >= 0.3 is 0 Å². The Morgan fingerprint density at radius 1 is 1.21 bits per heavy atom. The van der Waals surface area contributed by atoms with E-state index in [-0.39, 0.29) is 6.04 Å². The van der Waals surface area contributed by atoms with E-state index in [1.165, 1.54) is 11.1 Å². The van der Waals surface area contributed by atoms with Crippen LogP contribution in [0.2, 0.25) is 5.02 Å². The van der Waals surface area contributed by atoms with Crippen LogP contribution in [-0.2, 0) is 6.54 Å². The molecule has 1 unspecified atom stereocenters. The van der Waals surface area contributed by atoms with Crippen molar-refractivity contribution in [2.24, 2.45) is 0 Å². The zero-order chi connectivity index (χ0) is 13.8. The first-order valence-electron chi connectivity index (χ1n) is 6.31. The summed E-state index contributed by atoms with van der Waals surface area (Å²) in [6, 6.07) is 14.6. The van der Waals surface area contributed by atoms with Crippen molar-refractivity contribution in [1.82, 2.24) is 5.32 Å². The van der Waals surface area contributed by atoms with E-state index >= 15 is 0 Å². The maximum atomic E-state index is 6.20. The number of hydrogen-bond donors (Lipinski definition) is 1. The van der Waals surface area contributed by atoms with Gasteiger partial charge in [-0.2, -0.15) is 0 Å². The Labute approximate surface area is 128 Å². The quantitative estimate of drug-likeness (QED) is 0.801. The van der Waals surface area contributed by atoms with E-state index < -0.39 is 0 Å². The summed E-state index contributed by atoms with van der Waals surface area (Å²) in [5, 5.41) is 4.32. The first-order chi connectivity index (χ1) is 9.08. The van der Waals surface area contributed by atoms with E-state index in [2.05, 4.69) is 59.4 Å². The zero-order valence-corrected chi connectivity index (χ0v) is 13.4. The average molecular weight is 339 g/mol. The van der Waals surface area contributed by atoms with Gasteiger partial charge in [0.2, 0.25) is 0 Å². The fraction of sp³-hybridized carbons (Fsp3) is 0.250. The zero-order valence-electron chi connectivity index (χ0n) is 11.1. The van der Waals surface area contributed by atoms with Crippen molar-refractivity contribution in [2.75, 3.05) is 0 Å². The standard InChI is InChI=1S/C16H17BrClN/c1-11-9-13(7-8-15(11)17)10-19-12(2)14-5-3-4-6-16(14)18/h3-9,12,19H,10H2,1-2H3. The molecular weight excluding hydrogens is 322 g/mol. The molecule has 0 spiro atoms. The summed E-state index contributed by atoms with van der Waals surface area (Å²) < 4.78 is 1.15. The summed E-state index contributed by atoms with van der Waals surface area (Å²) >= 11 is 9.72. The highest BCUT2D eigenvalue weighted by Gasteiger charge is 2.08. The Hall–Kier alpha value is -0.830. The molecule has 2 rings (SSSR count). The molecule has 2 aromatic carbocycles. The van der Waals surface area contributed by atoms with E-state index in [1.807, 2.05) is 18.2 Å². The summed E-state index contributed by atoms with van der Waals surface area (Å²) in [5.41, 5.74) is 3.67. The van der Waals surface area contributed by atoms with Crippen LogP contribution in [0.25, 0.3) is 0 Å². The number of aryl methyl sites for hydroxylation is 1. The van der Waals surface area contributed by atoms with Crippen LogP contribution >= 0.6 is 27.5 Å². The molecule has 1 nitrogen and oxygen atoms in total. The monoisotopic (exact) mass is 337 g/mol. The number of rotatable bonds is 4. The highest BCUT2D eigenvalue weighted by atomic mass is 79.9. The van der Waals surface area contributed by atoms with Crippen molar-refractivity contribution < 1.29 is 0 Å². The van der Waals surface area contributed by atoms with Crippen molar-refractivity contribution in [3.8, 4) is 0 Å². The number of halogens is 2. The fourth-order valence-electron chi connectivity index (χ4n) is 2.02. The molecule has 0 fully saturated rings. The third-order valence-electron chi connectivity index (χ3n) is 3.21. The van der Waals surface area contributed by atoms with E-state index in [1.54, 1.807) is 0 Å². The molecule has 1 atom stereocenters. The lowest BCUT2D eigenvalue weighted by atomic mass is 10.1. The van der Waals surface area contributed by atoms with Crippen LogP contribution in [0.15, 0.2) is 46.9 Å². The van der Waals surface area contributed by atoms with Gasteiger partial charge < -0.3 is 5.32 Å². The van der Waals surface area contributed by atoms with Gasteiger partial charge in [-0.3, -0.25) is 0 Å². The second-order valence-electron chi connectivity index (χ2n) is 4.71. The van der Waals surface area contributed by atoms with Gasteiger partial charge in [0.05, 0.1) is 0 Å². The molecule has 0 aromatic heterocycles. The fourth-order valence-corrected chi connectivity index (χ4v) is 2.57. The smallest absolute Gasteiger partial charge is 0.0453 e. The lowest BCUT2D eigenvalue weighted by Crippen LogP contribution is -2.18. The molecule has 0 amide bonds. The number of nitrogens with one attached hydrogen (secondary N) is 1. The Balaban J connectivity index is 2.02. The van der Waals surface area contributed by atoms with Crippen molar-refractivity contribution in [3.05, 3.63) is 68.7 Å². The van der Waals surface area contributed by atoms with Gasteiger partial charge in [0, 0.05) is 22.1 Å². The third kappa shape index (κ3) is 3.82. The van der Waals surface area contributed by atoms with Crippen LogP contribution in [-0.4, -0.2) is 0 Å². The Kier molecular flexibility index (Phi) is 5.03. The molecule has 0 aliphatic heterocycles. The molecule has 0 aliphatic rings. The minimum Gasteiger partial charge on any atom is -0.306 e. The summed E-state index contributed by atoms with van der Waals surface area (Å²) in [6.45, 7) is 5.07. The molecule has 0 bridgehead atoms. The van der Waals surface area contributed by atoms with Gasteiger partial charge in [0.1, 0.15) is 0 Å². The summed E-state index contributed by atoms with van der Waals surface area (Å²) in [5.74, 6) is 0. The largest absolute Gasteiger partial charge is 0.306 e. The minimum atomic E-state index is 0.234. The van der Waals surface area contributed by atoms with Crippen molar-refractivity contribution in [3.63, 3.8) is 0 Å². The molecule has 0 saturated heterocycles. The van der Waals surface area contributed by atoms with Crippen LogP contribution < -0.4 is 5.32 Å². The van der Waals surface area contributed by atoms with E-state index in [0.717, 1.165) is 21.6 Å². The molecule has 0 aliphatic carbocycles. The van der Waals surface area contributed by atoms with Crippen LogP contribution in [0.4, 0.5) is 0 Å². The van der Waals surface area contributed by atoms with Gasteiger partial charge in [-0.1, -0.05) is 57.9 Å². The maximum absolute atomic E-state index is 6.20. The van der Waals surface area contributed by atoms with Crippen molar-refractivity contribution in [2.45, 2.75) is 26.4 Å². The second kappa shape index (κ2) is 6.56. The third-order valence-corrected chi connectivity index (χ3v) is 4.44. The summed E-state index contributed by atoms with van der Waals surface area (Å²) in [4.78, 5) is 0. The Bertz CT molecular complexity index is 568. The lowest BCUT2D eigenvalue weighted by molar-refractivity contribution is 0.574. The molecule has 1 N–H and O–H groups in total. The molecular formula is C16H17BrClN. The highest BCUT2D eigenvalue weighted by molar-refractivity contribution is 9.10. The van der Waals surface area contributed by atoms with Gasteiger partial charge in [-0.05, 0) is 42.7 Å². The normalized spacial score (nSPS) is 12.4. The number of hydrogen-bond acceptors (Lipinski definition) is 1. The first-order valence-corrected chi connectivity index (χ1v) is 7.48. The van der Waals surface area contributed by atoms with E-state index in [0.29, 0.717) is 0 Å². The van der Waals surface area contributed by atoms with Gasteiger partial charge in [0.25, 0.3) is 0 Å². The molecule has 2 aromatic rings. The van der Waals surface area contributed by atoms with Gasteiger partial charge in [0.15, 0.2) is 0 Å². The van der Waals surface area contributed by atoms with Crippen molar-refractivity contribution >= 4 is 27.5 Å². The Morgan fingerprint density at radius 2 is 1.95 bits per heavy atom. The van der Waals surface area contributed by atoms with Gasteiger partial charge in [-0.15, -0.1) is 0 Å². The molecule has 0 heterocycles. The lowest BCUT2D eigenvalue weighted by Gasteiger charge is -2.16. The van der Waals surface area contributed by atoms with Crippen LogP contribution in [0.5, 0.6) is 0 Å². The van der Waals surface area contributed by atoms with Crippen LogP contribution in [0, 0.1) is 6.92 Å². The van der Waals surface area contributed by atoms with Crippen LogP contribution in [0.1, 0.15) is 29.7 Å². The second-order valence-corrected chi connectivity index (χ2v) is 5.97. The SMILES string of the molecule is Cc1cc(CNC(C)c2ccccc2Cl)ccc1Br. The van der Waals surface area contributed by atoms with E-state index in [9.17, 15) is 0 Å². The predicted molar refractivity (Wildman–Crippen MR) is 85.6 cm³/mol. The molecule has 0 radical (unpaired) electrons. The predicted octanol–water partition coefficient (Wildman–Crippen LogP) is 5.26. The highest BCUT2D eigenvalue weighted by Crippen LogP contribution is 2.23. The summed E-state index contributed by atoms with van der Waals surface area (Å²) in [7, 11) is 0. The molecule has 100 valence electrons. The number of benzene rings is 2. The van der Waals surface area contributed by atoms with Gasteiger partial charge in [-0.25, -0.2) is 0 Å². The summed E-state index contributed by atoms with van der Waals surface area (Å²) in [6.07, 6.45) is 0. The van der Waals surface area contributed by atoms with Crippen LogP contribution in [0.3, 0.4) is 0 Å². The molecule has 3 heteroatoms. The molecule has 19 heavy (non-hydrogen) atoms. The Morgan fingerprint density at radius 3 is 2.63 bits per heavy atom. The van der Waals surface area contributed by atoms with E-state index in [4.69, 9.17) is 11.6 Å². The minimum absolute atomic E-state index is 0.234. The topological polar surface area (TPSA) is 12.0 Å². The molecule has 0 saturated carbocycles. The maximum Gasteiger partial charge on any atom is 0.0453 e. The average Bonchev–Trinajstić information content (AvgIpc) is 2.40. The first kappa shape index (κ1) is 14.6. The van der Waals surface area contributed by atoms with Crippen molar-refractivity contribution in [1.29, 1.82) is 0 Å².